The number of nitrogens with zero attached hydrogens (tertiary/aromatic N) is 4. The lowest BCUT2D eigenvalue weighted by atomic mass is 9.78. The molecule has 2 aliphatic heterocycles. The number of anilines is 3. The second-order valence-electron chi connectivity index (χ2n) is 8.00. The molecular formula is C26H21N5O. The standard InChI is InChI=1S/C26H21N5O/c1-30(2)20-13-11-18(12-14-20)17-28-31-25(32)19(16-27)15-26(31)21-7-3-5-9-23(21)29-24-10-6-4-8-22(24)26/h3-15,17,29H,1-2H3/b28-17+. The van der Waals surface area contributed by atoms with Gasteiger partial charge in [-0.05, 0) is 35.9 Å². The molecule has 5 rings (SSSR count). The molecule has 0 aromatic heterocycles. The zero-order chi connectivity index (χ0) is 22.3. The van der Waals surface area contributed by atoms with Crippen molar-refractivity contribution in [3.8, 4) is 6.07 Å². The highest BCUT2D eigenvalue weighted by molar-refractivity contribution is 6.03. The lowest BCUT2D eigenvalue weighted by Crippen LogP contribution is -2.44. The van der Waals surface area contributed by atoms with Gasteiger partial charge < -0.3 is 10.2 Å². The third-order valence-corrected chi connectivity index (χ3v) is 5.91. The van der Waals surface area contributed by atoms with Crippen LogP contribution in [0.25, 0.3) is 0 Å². The highest BCUT2D eigenvalue weighted by atomic mass is 16.2. The van der Waals surface area contributed by atoms with Crippen LogP contribution < -0.4 is 10.2 Å². The van der Waals surface area contributed by atoms with Crippen molar-refractivity contribution in [3.63, 3.8) is 0 Å². The first-order valence-electron chi connectivity index (χ1n) is 10.3. The summed E-state index contributed by atoms with van der Waals surface area (Å²) in [6.45, 7) is 0. The van der Waals surface area contributed by atoms with E-state index in [0.29, 0.717) is 0 Å². The van der Waals surface area contributed by atoms with Crippen LogP contribution in [0, 0.1) is 11.3 Å². The molecule has 0 saturated carbocycles. The van der Waals surface area contributed by atoms with Crippen molar-refractivity contribution in [1.82, 2.24) is 5.01 Å². The Morgan fingerprint density at radius 1 is 0.969 bits per heavy atom. The van der Waals surface area contributed by atoms with Gasteiger partial charge in [0.2, 0.25) is 0 Å². The maximum atomic E-state index is 13.3. The summed E-state index contributed by atoms with van der Waals surface area (Å²) in [6, 6.07) is 25.6. The van der Waals surface area contributed by atoms with Crippen molar-refractivity contribution < 1.29 is 4.79 Å². The van der Waals surface area contributed by atoms with Crippen LogP contribution in [0.15, 0.2) is 89.5 Å². The number of rotatable bonds is 3. The number of amides is 1. The molecule has 1 N–H and O–H groups in total. The topological polar surface area (TPSA) is 71.7 Å². The number of hydrogen-bond acceptors (Lipinski definition) is 5. The number of nitriles is 1. The number of fused-ring (bicyclic) bond motifs is 4. The lowest BCUT2D eigenvalue weighted by molar-refractivity contribution is -0.128. The van der Waals surface area contributed by atoms with Gasteiger partial charge >= 0.3 is 0 Å². The molecule has 3 aromatic carbocycles. The Morgan fingerprint density at radius 2 is 1.56 bits per heavy atom. The van der Waals surface area contributed by atoms with Gasteiger partial charge in [-0.2, -0.15) is 10.4 Å². The Labute approximate surface area is 186 Å². The summed E-state index contributed by atoms with van der Waals surface area (Å²) in [5, 5.41) is 19.2. The van der Waals surface area contributed by atoms with Gasteiger partial charge in [-0.3, -0.25) is 4.79 Å². The molecule has 156 valence electrons. The van der Waals surface area contributed by atoms with Gasteiger partial charge in [-0.25, -0.2) is 5.01 Å². The first kappa shape index (κ1) is 19.6. The van der Waals surface area contributed by atoms with Crippen molar-refractivity contribution in [2.75, 3.05) is 24.3 Å². The van der Waals surface area contributed by atoms with Crippen LogP contribution in [0.1, 0.15) is 16.7 Å². The van der Waals surface area contributed by atoms with Gasteiger partial charge in [-0.15, -0.1) is 0 Å². The van der Waals surface area contributed by atoms with Gasteiger partial charge in [0, 0.05) is 42.3 Å². The molecule has 1 spiro atoms. The minimum atomic E-state index is -0.999. The Kier molecular flexibility index (Phi) is 4.53. The third kappa shape index (κ3) is 2.87. The maximum absolute atomic E-state index is 13.3. The fraction of sp³-hybridized carbons (Fsp3) is 0.115. The van der Waals surface area contributed by atoms with E-state index in [0.717, 1.165) is 33.8 Å². The van der Waals surface area contributed by atoms with E-state index in [-0.39, 0.29) is 5.57 Å². The van der Waals surface area contributed by atoms with Gasteiger partial charge in [-0.1, -0.05) is 48.5 Å². The average Bonchev–Trinajstić information content (AvgIpc) is 3.10. The molecule has 0 saturated heterocycles. The maximum Gasteiger partial charge on any atom is 0.285 e. The average molecular weight is 419 g/mol. The second-order valence-corrected chi connectivity index (χ2v) is 8.00. The molecule has 0 atom stereocenters. The van der Waals surface area contributed by atoms with E-state index in [2.05, 4.69) is 16.5 Å². The summed E-state index contributed by atoms with van der Waals surface area (Å²) in [6.07, 6.45) is 3.40. The number of hydrazone groups is 1. The number of hydrogen-bond donors (Lipinski definition) is 1. The molecule has 0 fully saturated rings. The Balaban J connectivity index is 1.67. The van der Waals surface area contributed by atoms with Crippen molar-refractivity contribution in [2.24, 2.45) is 5.10 Å². The van der Waals surface area contributed by atoms with E-state index in [1.807, 2.05) is 91.8 Å². The predicted octanol–water partition coefficient (Wildman–Crippen LogP) is 4.38. The summed E-state index contributed by atoms with van der Waals surface area (Å²) in [5.74, 6) is -0.417. The molecule has 0 unspecified atom stereocenters. The monoisotopic (exact) mass is 419 g/mol. The number of nitrogens with one attached hydrogen (secondary N) is 1. The minimum Gasteiger partial charge on any atom is -0.378 e. The molecule has 32 heavy (non-hydrogen) atoms. The molecule has 3 aromatic rings. The molecule has 0 radical (unpaired) electrons. The molecule has 6 nitrogen and oxygen atoms in total. The quantitative estimate of drug-likeness (QED) is 0.640. The smallest absolute Gasteiger partial charge is 0.285 e. The molecule has 2 heterocycles. The van der Waals surface area contributed by atoms with Gasteiger partial charge in [0.25, 0.3) is 5.91 Å². The summed E-state index contributed by atoms with van der Waals surface area (Å²) in [5.41, 5.74) is 4.52. The van der Waals surface area contributed by atoms with Crippen LogP contribution in [-0.4, -0.2) is 31.2 Å². The van der Waals surface area contributed by atoms with Gasteiger partial charge in [0.1, 0.15) is 17.2 Å². The van der Waals surface area contributed by atoms with E-state index < -0.39 is 11.4 Å². The highest BCUT2D eigenvalue weighted by Gasteiger charge is 2.52. The van der Waals surface area contributed by atoms with Crippen LogP contribution in [0.5, 0.6) is 0 Å². The number of para-hydroxylation sites is 2. The van der Waals surface area contributed by atoms with Crippen LogP contribution in [0.4, 0.5) is 17.1 Å². The van der Waals surface area contributed by atoms with E-state index in [1.165, 1.54) is 5.01 Å². The SMILES string of the molecule is CN(C)c1ccc(/C=N/N2C(=O)C(C#N)=CC23c2ccccc2Nc2ccccc23)cc1. The summed E-state index contributed by atoms with van der Waals surface area (Å²) in [4.78, 5) is 15.3. The summed E-state index contributed by atoms with van der Waals surface area (Å²) < 4.78 is 0. The first-order chi connectivity index (χ1) is 15.5. The molecule has 2 aliphatic rings. The molecule has 1 amide bonds. The molecule has 0 bridgehead atoms. The largest absolute Gasteiger partial charge is 0.378 e. The zero-order valence-electron chi connectivity index (χ0n) is 17.8. The third-order valence-electron chi connectivity index (χ3n) is 5.91. The van der Waals surface area contributed by atoms with E-state index in [4.69, 9.17) is 0 Å². The normalized spacial score (nSPS) is 15.7. The number of benzene rings is 3. The van der Waals surface area contributed by atoms with Crippen LogP contribution in [0.2, 0.25) is 0 Å². The molecule has 0 aliphatic carbocycles. The minimum absolute atomic E-state index is 0.0802. The van der Waals surface area contributed by atoms with Crippen LogP contribution in [-0.2, 0) is 10.3 Å². The van der Waals surface area contributed by atoms with E-state index in [9.17, 15) is 10.1 Å². The first-order valence-corrected chi connectivity index (χ1v) is 10.3. The van der Waals surface area contributed by atoms with Gasteiger partial charge in [0.15, 0.2) is 0 Å². The molecular weight excluding hydrogens is 398 g/mol. The van der Waals surface area contributed by atoms with E-state index >= 15 is 0 Å². The Hall–Kier alpha value is -4.37. The number of carbonyl (C=O) groups excluding carboxylic acids is 1. The summed E-state index contributed by atoms with van der Waals surface area (Å²) >= 11 is 0. The Morgan fingerprint density at radius 3 is 2.12 bits per heavy atom. The second kappa shape index (κ2) is 7.40. The predicted molar refractivity (Wildman–Crippen MR) is 126 cm³/mol. The van der Waals surface area contributed by atoms with Crippen molar-refractivity contribution in [1.29, 1.82) is 5.26 Å². The van der Waals surface area contributed by atoms with E-state index in [1.54, 1.807) is 12.3 Å². The number of carbonyl (C=O) groups is 1. The van der Waals surface area contributed by atoms with Crippen molar-refractivity contribution in [3.05, 3.63) is 101 Å². The van der Waals surface area contributed by atoms with Gasteiger partial charge in [0.05, 0.1) is 6.21 Å². The van der Waals surface area contributed by atoms with Crippen molar-refractivity contribution in [2.45, 2.75) is 5.54 Å². The summed E-state index contributed by atoms with van der Waals surface area (Å²) in [7, 11) is 3.97. The zero-order valence-corrected chi connectivity index (χ0v) is 17.8. The van der Waals surface area contributed by atoms with Crippen molar-refractivity contribution >= 4 is 29.2 Å². The molecule has 6 heteroatoms. The lowest BCUT2D eigenvalue weighted by Gasteiger charge is -2.41. The fourth-order valence-corrected chi connectivity index (χ4v) is 4.34. The van der Waals surface area contributed by atoms with Crippen LogP contribution >= 0.6 is 0 Å². The fourth-order valence-electron chi connectivity index (χ4n) is 4.34. The highest BCUT2D eigenvalue weighted by Crippen LogP contribution is 2.51. The van der Waals surface area contributed by atoms with Crippen LogP contribution in [0.3, 0.4) is 0 Å². The Bertz CT molecular complexity index is 1270.